The number of ether oxygens (including phenoxy) is 3. The number of esters is 2. The molecule has 18 nitrogen and oxygen atoms in total. The topological polar surface area (TPSA) is 265 Å². The van der Waals surface area contributed by atoms with Crippen LogP contribution >= 0.6 is 15.6 Å². The van der Waals surface area contributed by atoms with Crippen LogP contribution in [0.25, 0.3) is 0 Å². The lowest BCUT2D eigenvalue weighted by molar-refractivity contribution is -0.161. The molecule has 0 aliphatic carbocycles. The highest BCUT2D eigenvalue weighted by Gasteiger charge is 2.46. The molecule has 20 heteroatoms. The standard InChI is InChI=1S/C52H87N3O15P2/c1-3-5-7-9-11-13-15-17-19-20-21-22-24-26-28-30-32-34-36-38-48(57)68-44(41-65-47(56)37-35-33-31-29-27-25-23-18-16-14-12-10-8-6-4-2)42-66-71(61,62)70-72(63,64)67-43-45-49(58)50(59)51(69-45)55-40-39-46(53)54-52(55)60/h5,7,11,13,17,19,21-22,26,28,39-40,44-45,49-51,58-59H,3-4,6,8-10,12,14-16,18,20,23-25,27,29-38,41-43H2,1-2H3,(H,61,62)(H,63,64)(H2,53,54,60)/b7-5-,13-11-,19-17-,22-21-,28-26-/t44-,45-,49+,50?,51-/m1/s1. The number of nitrogens with zero attached hydrogens (tertiary/aromatic N) is 2. The number of rotatable bonds is 43. The third-order valence-corrected chi connectivity index (χ3v) is 14.2. The molecule has 3 unspecified atom stereocenters. The molecule has 6 N–H and O–H groups in total. The zero-order valence-corrected chi connectivity index (χ0v) is 44.8. The molecule has 2 heterocycles. The number of hydrogen-bond acceptors (Lipinski definition) is 15. The van der Waals surface area contributed by atoms with Crippen molar-refractivity contribution in [1.29, 1.82) is 0 Å². The summed E-state index contributed by atoms with van der Waals surface area (Å²) in [5, 5.41) is 20.9. The summed E-state index contributed by atoms with van der Waals surface area (Å²) in [6.07, 6.45) is 40.1. The van der Waals surface area contributed by atoms with E-state index in [2.05, 4.69) is 83.9 Å². The summed E-state index contributed by atoms with van der Waals surface area (Å²) in [7, 11) is -10.9. The van der Waals surface area contributed by atoms with E-state index in [1.807, 2.05) is 0 Å². The molecule has 2 rings (SSSR count). The van der Waals surface area contributed by atoms with Crippen LogP contribution in [0.2, 0.25) is 0 Å². The van der Waals surface area contributed by atoms with Crippen LogP contribution in [-0.2, 0) is 46.3 Å². The minimum absolute atomic E-state index is 0.0102. The summed E-state index contributed by atoms with van der Waals surface area (Å²) in [5.41, 5.74) is 4.59. The average molecular weight is 1060 g/mol. The first kappa shape index (κ1) is 64.6. The maximum absolute atomic E-state index is 12.9. The lowest BCUT2D eigenvalue weighted by Crippen LogP contribution is -2.36. The average Bonchev–Trinajstić information content (AvgIpc) is 3.62. The Morgan fingerprint density at radius 3 is 1.71 bits per heavy atom. The summed E-state index contributed by atoms with van der Waals surface area (Å²) in [6.45, 7) is 2.02. The van der Waals surface area contributed by atoms with Crippen LogP contribution < -0.4 is 11.4 Å². The Morgan fingerprint density at radius 2 is 1.17 bits per heavy atom. The summed E-state index contributed by atoms with van der Waals surface area (Å²) in [6, 6.07) is 1.25. The molecule has 410 valence electrons. The van der Waals surface area contributed by atoms with Crippen LogP contribution in [-0.4, -0.2) is 85.7 Å². The van der Waals surface area contributed by atoms with Crippen molar-refractivity contribution in [2.45, 2.75) is 211 Å². The molecule has 0 amide bonds. The second-order valence-corrected chi connectivity index (χ2v) is 21.0. The first-order valence-corrected chi connectivity index (χ1v) is 29.3. The van der Waals surface area contributed by atoms with E-state index in [0.29, 0.717) is 12.8 Å². The van der Waals surface area contributed by atoms with Crippen LogP contribution in [0.1, 0.15) is 187 Å². The molecule has 1 fully saturated rings. The van der Waals surface area contributed by atoms with Gasteiger partial charge in [0.05, 0.1) is 13.2 Å². The van der Waals surface area contributed by atoms with E-state index < -0.39 is 83.7 Å². The van der Waals surface area contributed by atoms with Crippen molar-refractivity contribution in [2.24, 2.45) is 0 Å². The third kappa shape index (κ3) is 31.9. The second-order valence-electron chi connectivity index (χ2n) is 18.0. The minimum Gasteiger partial charge on any atom is -0.462 e. The van der Waals surface area contributed by atoms with Crippen LogP contribution in [0.15, 0.2) is 77.8 Å². The number of hydrogen-bond donors (Lipinski definition) is 5. The lowest BCUT2D eigenvalue weighted by Gasteiger charge is -2.21. The molecular weight excluding hydrogens is 969 g/mol. The number of nitrogen functional groups attached to an aromatic ring is 1. The fourth-order valence-corrected chi connectivity index (χ4v) is 9.69. The minimum atomic E-state index is -5.43. The SMILES string of the molecule is CC/C=C\C/C=C\C/C=C\C/C=C\C/C=C\CCCCCC(=O)O[C@H](COC(=O)CCCCCCCCCCCCCCCCC)COP(=O)(O)OP(=O)(O)OC[C@H]1O[C@@H](n2ccc(N)nc2=O)C(O)[C@H]1O. The van der Waals surface area contributed by atoms with E-state index in [9.17, 15) is 43.5 Å². The normalized spacial score (nSPS) is 19.5. The van der Waals surface area contributed by atoms with Gasteiger partial charge in [-0.05, 0) is 63.9 Å². The van der Waals surface area contributed by atoms with Crippen molar-refractivity contribution in [3.63, 3.8) is 0 Å². The smallest absolute Gasteiger partial charge is 0.462 e. The van der Waals surface area contributed by atoms with Gasteiger partial charge < -0.3 is 39.9 Å². The Hall–Kier alpha value is -3.54. The van der Waals surface area contributed by atoms with Crippen molar-refractivity contribution >= 4 is 33.4 Å². The number of phosphoric acid groups is 2. The van der Waals surface area contributed by atoms with Gasteiger partial charge in [-0.15, -0.1) is 0 Å². The summed E-state index contributed by atoms with van der Waals surface area (Å²) in [5.74, 6) is -1.33. The molecule has 1 saturated heterocycles. The molecule has 7 atom stereocenters. The molecule has 1 aliphatic heterocycles. The number of phosphoric ester groups is 2. The van der Waals surface area contributed by atoms with E-state index >= 15 is 0 Å². The van der Waals surface area contributed by atoms with Gasteiger partial charge in [0.15, 0.2) is 12.3 Å². The molecule has 0 aromatic carbocycles. The van der Waals surface area contributed by atoms with Gasteiger partial charge in [0, 0.05) is 19.0 Å². The summed E-state index contributed by atoms with van der Waals surface area (Å²) >= 11 is 0. The molecule has 0 saturated carbocycles. The van der Waals surface area contributed by atoms with Crippen molar-refractivity contribution in [3.05, 3.63) is 83.5 Å². The molecule has 0 bridgehead atoms. The number of anilines is 1. The van der Waals surface area contributed by atoms with Crippen molar-refractivity contribution in [2.75, 3.05) is 25.6 Å². The molecule has 72 heavy (non-hydrogen) atoms. The Kier molecular flexibility index (Phi) is 35.7. The van der Waals surface area contributed by atoms with Crippen molar-refractivity contribution in [3.8, 4) is 0 Å². The molecule has 1 aliphatic rings. The van der Waals surface area contributed by atoms with Crippen molar-refractivity contribution < 1.29 is 66.3 Å². The van der Waals surface area contributed by atoms with Crippen LogP contribution in [0.3, 0.4) is 0 Å². The predicted molar refractivity (Wildman–Crippen MR) is 279 cm³/mol. The van der Waals surface area contributed by atoms with Crippen LogP contribution in [0.4, 0.5) is 5.82 Å². The molecule has 1 aromatic heterocycles. The number of aliphatic hydroxyl groups is 2. The number of carbonyl (C=O) groups excluding carboxylic acids is 2. The van der Waals surface area contributed by atoms with Gasteiger partial charge in [-0.25, -0.2) is 13.9 Å². The fourth-order valence-electron chi connectivity index (χ4n) is 7.58. The highest BCUT2D eigenvalue weighted by Crippen LogP contribution is 2.60. The monoisotopic (exact) mass is 1060 g/mol. The van der Waals surface area contributed by atoms with Gasteiger partial charge in [0.2, 0.25) is 0 Å². The molecule has 0 spiro atoms. The summed E-state index contributed by atoms with van der Waals surface area (Å²) in [4.78, 5) is 62.0. The Morgan fingerprint density at radius 1 is 0.681 bits per heavy atom. The number of aliphatic hydroxyl groups excluding tert-OH is 2. The van der Waals surface area contributed by atoms with Gasteiger partial charge in [-0.2, -0.15) is 9.29 Å². The van der Waals surface area contributed by atoms with Gasteiger partial charge in [-0.3, -0.25) is 23.2 Å². The number of aromatic nitrogens is 2. The van der Waals surface area contributed by atoms with Gasteiger partial charge in [0.1, 0.15) is 30.7 Å². The number of carbonyl (C=O) groups is 2. The Balaban J connectivity index is 1.81. The van der Waals surface area contributed by atoms with E-state index in [4.69, 9.17) is 29.0 Å². The zero-order valence-electron chi connectivity index (χ0n) is 43.0. The second kappa shape index (κ2) is 39.9. The van der Waals surface area contributed by atoms with Crippen LogP contribution in [0, 0.1) is 0 Å². The van der Waals surface area contributed by atoms with E-state index in [-0.39, 0.29) is 18.7 Å². The Labute approximate surface area is 428 Å². The van der Waals surface area contributed by atoms with Gasteiger partial charge >= 0.3 is 33.3 Å². The van der Waals surface area contributed by atoms with Crippen LogP contribution in [0.5, 0.6) is 0 Å². The predicted octanol–water partition coefficient (Wildman–Crippen LogP) is 11.1. The highest BCUT2D eigenvalue weighted by atomic mass is 31.3. The summed E-state index contributed by atoms with van der Waals surface area (Å²) < 4.78 is 56.8. The maximum Gasteiger partial charge on any atom is 0.481 e. The largest absolute Gasteiger partial charge is 0.481 e. The third-order valence-electron chi connectivity index (χ3n) is 11.6. The molecular formula is C52H87N3O15P2. The van der Waals surface area contributed by atoms with E-state index in [1.54, 1.807) is 0 Å². The van der Waals surface area contributed by atoms with Crippen molar-refractivity contribution in [1.82, 2.24) is 9.55 Å². The molecule has 1 aromatic rings. The zero-order chi connectivity index (χ0) is 52.7. The van der Waals surface area contributed by atoms with Gasteiger partial charge in [-0.1, -0.05) is 171 Å². The van der Waals surface area contributed by atoms with E-state index in [1.165, 1.54) is 70.3 Å². The molecule has 0 radical (unpaired) electrons. The number of unbranched alkanes of at least 4 members (excludes halogenated alkanes) is 17. The maximum atomic E-state index is 12.9. The highest BCUT2D eigenvalue weighted by molar-refractivity contribution is 7.61. The quantitative estimate of drug-likeness (QED) is 0.0176. The first-order chi connectivity index (χ1) is 34.7. The number of nitrogens with two attached hydrogens (primary N) is 1. The first-order valence-electron chi connectivity index (χ1n) is 26.3. The fraction of sp³-hybridized carbons (Fsp3) is 0.692. The van der Waals surface area contributed by atoms with Gasteiger partial charge in [0.25, 0.3) is 0 Å². The lowest BCUT2D eigenvalue weighted by atomic mass is 10.0. The van der Waals surface area contributed by atoms with E-state index in [0.717, 1.165) is 87.8 Å². The Bertz CT molecular complexity index is 1940. The number of allylic oxidation sites excluding steroid dienone is 10.